The van der Waals surface area contributed by atoms with Crippen LogP contribution in [0.4, 0.5) is 5.69 Å². The number of piperazine rings is 1. The van der Waals surface area contributed by atoms with E-state index < -0.39 is 6.04 Å². The number of carbonyl (C=O) groups is 2. The molecule has 2 atom stereocenters. The molecular weight excluding hydrogens is 525 g/mol. The molecule has 0 bridgehead atoms. The van der Waals surface area contributed by atoms with Crippen molar-refractivity contribution in [1.82, 2.24) is 20.4 Å². The highest BCUT2D eigenvalue weighted by Gasteiger charge is 2.27. The van der Waals surface area contributed by atoms with E-state index in [2.05, 4.69) is 34.6 Å². The number of halogens is 2. The van der Waals surface area contributed by atoms with Crippen molar-refractivity contribution < 1.29 is 14.3 Å². The fraction of sp³-hybridized carbons (Fsp3) is 0.500. The highest BCUT2D eigenvalue weighted by Crippen LogP contribution is 2.29. The number of amides is 2. The zero-order chi connectivity index (χ0) is 27.7. The molecule has 2 aromatic rings. The van der Waals surface area contributed by atoms with Gasteiger partial charge in [-0.1, -0.05) is 47.5 Å². The lowest BCUT2D eigenvalue weighted by atomic mass is 10.0. The third-order valence-electron chi connectivity index (χ3n) is 6.53. The number of rotatable bonds is 12. The van der Waals surface area contributed by atoms with Crippen molar-refractivity contribution >= 4 is 40.7 Å². The van der Waals surface area contributed by atoms with Crippen LogP contribution in [0.25, 0.3) is 0 Å². The predicted octanol–water partition coefficient (Wildman–Crippen LogP) is 3.58. The molecule has 0 saturated carbocycles. The smallest absolute Gasteiger partial charge is 0.234 e. The molecular formula is C28H39Cl2N5O3. The largest absolute Gasteiger partial charge is 0.383 e. The van der Waals surface area contributed by atoms with Crippen molar-refractivity contribution in [3.63, 3.8) is 0 Å². The molecule has 1 heterocycles. The SMILES string of the molecule is COCC(C)NCc1ccccc1N1CCN(C(=O)CC(NC(=O)CN(C)C)c2ccc(Cl)cc2Cl)CC1. The summed E-state index contributed by atoms with van der Waals surface area (Å²) >= 11 is 12.5. The molecule has 2 aromatic carbocycles. The van der Waals surface area contributed by atoms with Crippen molar-refractivity contribution in [2.75, 3.05) is 65.4 Å². The first kappa shape index (κ1) is 30.2. The average Bonchev–Trinajstić information content (AvgIpc) is 2.87. The Hall–Kier alpha value is -2.36. The first-order valence-corrected chi connectivity index (χ1v) is 13.7. The third kappa shape index (κ3) is 8.85. The van der Waals surface area contributed by atoms with Crippen LogP contribution in [0.15, 0.2) is 42.5 Å². The van der Waals surface area contributed by atoms with Crippen molar-refractivity contribution in [3.05, 3.63) is 63.6 Å². The molecule has 2 N–H and O–H groups in total. The number of methoxy groups -OCH3 is 1. The summed E-state index contributed by atoms with van der Waals surface area (Å²) in [6, 6.07) is 13.2. The van der Waals surface area contributed by atoms with Crippen molar-refractivity contribution in [2.24, 2.45) is 0 Å². The van der Waals surface area contributed by atoms with Crippen LogP contribution in [0, 0.1) is 0 Å². The Bertz CT molecular complexity index is 1080. The summed E-state index contributed by atoms with van der Waals surface area (Å²) in [5.74, 6) is -0.192. The van der Waals surface area contributed by atoms with Gasteiger partial charge < -0.3 is 30.1 Å². The summed E-state index contributed by atoms with van der Waals surface area (Å²) < 4.78 is 5.23. The molecule has 208 valence electrons. The highest BCUT2D eigenvalue weighted by atomic mass is 35.5. The summed E-state index contributed by atoms with van der Waals surface area (Å²) in [7, 11) is 5.35. The van der Waals surface area contributed by atoms with Gasteiger partial charge in [0.25, 0.3) is 0 Å². The van der Waals surface area contributed by atoms with E-state index in [1.807, 2.05) is 31.1 Å². The zero-order valence-electron chi connectivity index (χ0n) is 22.7. The third-order valence-corrected chi connectivity index (χ3v) is 7.10. The second kappa shape index (κ2) is 14.7. The lowest BCUT2D eigenvalue weighted by molar-refractivity contribution is -0.132. The average molecular weight is 565 g/mol. The first-order chi connectivity index (χ1) is 18.2. The maximum Gasteiger partial charge on any atom is 0.234 e. The Kier molecular flexibility index (Phi) is 11.7. The van der Waals surface area contributed by atoms with Crippen LogP contribution in [0.1, 0.15) is 30.5 Å². The van der Waals surface area contributed by atoms with Crippen LogP contribution >= 0.6 is 23.2 Å². The maximum atomic E-state index is 13.4. The fourth-order valence-corrected chi connectivity index (χ4v) is 5.15. The van der Waals surface area contributed by atoms with Gasteiger partial charge in [-0.15, -0.1) is 0 Å². The quantitative estimate of drug-likeness (QED) is 0.411. The van der Waals surface area contributed by atoms with E-state index in [9.17, 15) is 9.59 Å². The number of nitrogens with one attached hydrogen (secondary N) is 2. The van der Waals surface area contributed by atoms with Crippen molar-refractivity contribution in [1.29, 1.82) is 0 Å². The number of nitrogens with zero attached hydrogens (tertiary/aromatic N) is 3. The molecule has 3 rings (SSSR count). The Morgan fingerprint density at radius 2 is 1.79 bits per heavy atom. The van der Waals surface area contributed by atoms with Gasteiger partial charge in [0.05, 0.1) is 25.6 Å². The van der Waals surface area contributed by atoms with Crippen LogP contribution in [0.2, 0.25) is 10.0 Å². The number of likely N-dealkylation sites (N-methyl/N-ethyl adjacent to an activating group) is 1. The molecule has 0 aromatic heterocycles. The summed E-state index contributed by atoms with van der Waals surface area (Å²) in [4.78, 5) is 31.9. The van der Waals surface area contributed by atoms with Gasteiger partial charge in [0.15, 0.2) is 0 Å². The summed E-state index contributed by atoms with van der Waals surface area (Å²) in [5.41, 5.74) is 3.08. The van der Waals surface area contributed by atoms with E-state index >= 15 is 0 Å². The Balaban J connectivity index is 1.64. The lowest BCUT2D eigenvalue weighted by Crippen LogP contribution is -2.50. The normalized spacial score (nSPS) is 15.4. The van der Waals surface area contributed by atoms with Gasteiger partial charge in [-0.3, -0.25) is 9.59 Å². The first-order valence-electron chi connectivity index (χ1n) is 12.9. The van der Waals surface area contributed by atoms with Crippen molar-refractivity contribution in [3.8, 4) is 0 Å². The number of hydrogen-bond donors (Lipinski definition) is 2. The molecule has 0 radical (unpaired) electrons. The zero-order valence-corrected chi connectivity index (χ0v) is 24.2. The standard InChI is InChI=1S/C28H39Cl2N5O3/c1-20(19-38-4)31-17-21-7-5-6-8-26(21)34-11-13-35(14-12-34)28(37)16-25(32-27(36)18-33(2)3)23-10-9-22(29)15-24(23)30/h5-10,15,20,25,31H,11-14,16-19H2,1-4H3,(H,32,36). The van der Waals surface area contributed by atoms with Gasteiger partial charge >= 0.3 is 0 Å². The van der Waals surface area contributed by atoms with Gasteiger partial charge in [-0.05, 0) is 50.3 Å². The fourth-order valence-electron chi connectivity index (χ4n) is 4.61. The minimum atomic E-state index is -0.543. The number of anilines is 1. The Labute approximate surface area is 236 Å². The number of para-hydroxylation sites is 1. The highest BCUT2D eigenvalue weighted by molar-refractivity contribution is 6.35. The van der Waals surface area contributed by atoms with Gasteiger partial charge in [-0.25, -0.2) is 0 Å². The van der Waals surface area contributed by atoms with Gasteiger partial charge in [0.2, 0.25) is 11.8 Å². The Morgan fingerprint density at radius 3 is 2.45 bits per heavy atom. The van der Waals surface area contributed by atoms with E-state index in [-0.39, 0.29) is 30.8 Å². The van der Waals surface area contributed by atoms with E-state index in [1.165, 1.54) is 11.3 Å². The van der Waals surface area contributed by atoms with Crippen LogP contribution in [0.3, 0.4) is 0 Å². The molecule has 0 aliphatic carbocycles. The van der Waals surface area contributed by atoms with Gasteiger partial charge in [-0.2, -0.15) is 0 Å². The summed E-state index contributed by atoms with van der Waals surface area (Å²) in [6.45, 7) is 6.39. The molecule has 1 aliphatic rings. The topological polar surface area (TPSA) is 77.1 Å². The Morgan fingerprint density at radius 1 is 1.08 bits per heavy atom. The number of hydrogen-bond acceptors (Lipinski definition) is 6. The molecule has 8 nitrogen and oxygen atoms in total. The monoisotopic (exact) mass is 563 g/mol. The van der Waals surface area contributed by atoms with Crippen LogP contribution in [-0.2, 0) is 20.9 Å². The predicted molar refractivity (Wildman–Crippen MR) is 154 cm³/mol. The molecule has 2 amide bonds. The van der Waals surface area contributed by atoms with E-state index in [0.29, 0.717) is 35.3 Å². The number of carbonyl (C=O) groups excluding carboxylic acids is 2. The van der Waals surface area contributed by atoms with Gasteiger partial charge in [0.1, 0.15) is 0 Å². The van der Waals surface area contributed by atoms with Crippen LogP contribution in [-0.4, -0.2) is 88.2 Å². The molecule has 0 spiro atoms. The second-order valence-electron chi connectivity index (χ2n) is 9.96. The molecule has 1 fully saturated rings. The minimum absolute atomic E-state index is 0.0193. The van der Waals surface area contributed by atoms with Crippen LogP contribution < -0.4 is 15.5 Å². The van der Waals surface area contributed by atoms with E-state index in [4.69, 9.17) is 27.9 Å². The minimum Gasteiger partial charge on any atom is -0.383 e. The maximum absolute atomic E-state index is 13.4. The lowest BCUT2D eigenvalue weighted by Gasteiger charge is -2.37. The second-order valence-corrected chi connectivity index (χ2v) is 10.8. The summed E-state index contributed by atoms with van der Waals surface area (Å²) in [6.07, 6.45) is 0.123. The summed E-state index contributed by atoms with van der Waals surface area (Å²) in [5, 5.41) is 7.42. The molecule has 1 aliphatic heterocycles. The van der Waals surface area contributed by atoms with Crippen molar-refractivity contribution in [2.45, 2.75) is 32.0 Å². The number of ether oxygens (including phenoxy) is 1. The van der Waals surface area contributed by atoms with E-state index in [1.54, 1.807) is 30.2 Å². The van der Waals surface area contributed by atoms with Crippen LogP contribution in [0.5, 0.6) is 0 Å². The van der Waals surface area contributed by atoms with E-state index in [0.717, 1.165) is 19.6 Å². The molecule has 1 saturated heterocycles. The molecule has 10 heteroatoms. The van der Waals surface area contributed by atoms with Gasteiger partial charge in [0, 0.05) is 61.6 Å². The number of benzene rings is 2. The molecule has 2 unspecified atom stereocenters. The molecule has 38 heavy (non-hydrogen) atoms.